The maximum atomic E-state index is 12.2. The van der Waals surface area contributed by atoms with E-state index in [0.29, 0.717) is 28.7 Å². The van der Waals surface area contributed by atoms with Crippen molar-refractivity contribution in [3.05, 3.63) is 64.2 Å². The van der Waals surface area contributed by atoms with Crippen molar-refractivity contribution in [3.63, 3.8) is 0 Å². The highest BCUT2D eigenvalue weighted by Crippen LogP contribution is 2.40. The van der Waals surface area contributed by atoms with Crippen molar-refractivity contribution >= 4 is 29.0 Å². The Morgan fingerprint density at radius 1 is 1.10 bits per heavy atom. The van der Waals surface area contributed by atoms with Crippen LogP contribution in [-0.2, 0) is 11.2 Å². The van der Waals surface area contributed by atoms with Gasteiger partial charge in [0.05, 0.1) is 16.3 Å². The lowest BCUT2D eigenvalue weighted by Gasteiger charge is -2.33. The molecule has 4 rings (SSSR count). The molecule has 1 unspecified atom stereocenters. The minimum atomic E-state index is -0.497. The first-order valence-corrected chi connectivity index (χ1v) is 7.27. The number of carbonyl (C=O) groups is 2. The number of fused-ring (bicyclic) bond motifs is 2. The smallest absolute Gasteiger partial charge is 0.299 e. The number of anilines is 1. The molecule has 1 aliphatic heterocycles. The van der Waals surface area contributed by atoms with Crippen molar-refractivity contribution in [1.82, 2.24) is 0 Å². The maximum Gasteiger partial charge on any atom is 0.299 e. The van der Waals surface area contributed by atoms with Gasteiger partial charge in [0.2, 0.25) is 0 Å². The molecule has 1 aliphatic carbocycles. The first-order valence-electron chi connectivity index (χ1n) is 6.89. The zero-order valence-electron chi connectivity index (χ0n) is 11.2. The van der Waals surface area contributed by atoms with Gasteiger partial charge in [0, 0.05) is 12.5 Å². The fourth-order valence-electron chi connectivity index (χ4n) is 3.23. The zero-order valence-corrected chi connectivity index (χ0v) is 11.9. The van der Waals surface area contributed by atoms with E-state index in [4.69, 9.17) is 11.6 Å². The Morgan fingerprint density at radius 2 is 1.90 bits per heavy atom. The van der Waals surface area contributed by atoms with Crippen LogP contribution in [0.25, 0.3) is 0 Å². The second-order valence-electron chi connectivity index (χ2n) is 5.48. The van der Waals surface area contributed by atoms with E-state index >= 15 is 0 Å². The number of benzene rings is 2. The molecule has 3 nitrogen and oxygen atoms in total. The lowest BCUT2D eigenvalue weighted by atomic mass is 9.77. The predicted octanol–water partition coefficient (Wildman–Crippen LogP) is 3.21. The number of hydrogen-bond acceptors (Lipinski definition) is 2. The Morgan fingerprint density at radius 3 is 2.71 bits per heavy atom. The van der Waals surface area contributed by atoms with Crippen molar-refractivity contribution < 1.29 is 9.59 Å². The molecule has 21 heavy (non-hydrogen) atoms. The van der Waals surface area contributed by atoms with Crippen LogP contribution in [0.2, 0.25) is 5.02 Å². The second-order valence-corrected chi connectivity index (χ2v) is 5.89. The molecule has 0 N–H and O–H groups in total. The fourth-order valence-corrected chi connectivity index (χ4v) is 3.48. The monoisotopic (exact) mass is 297 g/mol. The molecular weight excluding hydrogens is 286 g/mol. The highest BCUT2D eigenvalue weighted by molar-refractivity contribution is 6.55. The quantitative estimate of drug-likeness (QED) is 0.798. The van der Waals surface area contributed by atoms with Crippen molar-refractivity contribution in [2.24, 2.45) is 0 Å². The van der Waals surface area contributed by atoms with E-state index in [0.717, 1.165) is 6.42 Å². The van der Waals surface area contributed by atoms with Gasteiger partial charge in [-0.25, -0.2) is 0 Å². The second kappa shape index (κ2) is 4.43. The van der Waals surface area contributed by atoms with Crippen LogP contribution >= 0.6 is 11.6 Å². The van der Waals surface area contributed by atoms with Crippen molar-refractivity contribution in [3.8, 4) is 0 Å². The molecule has 2 aliphatic rings. The van der Waals surface area contributed by atoms with Crippen LogP contribution in [0.5, 0.6) is 0 Å². The summed E-state index contributed by atoms with van der Waals surface area (Å²) < 4.78 is 0. The average Bonchev–Trinajstić information content (AvgIpc) is 2.70. The average molecular weight is 298 g/mol. The number of amides is 1. The van der Waals surface area contributed by atoms with Crippen molar-refractivity contribution in [2.75, 3.05) is 11.4 Å². The summed E-state index contributed by atoms with van der Waals surface area (Å²) >= 11 is 6.06. The summed E-state index contributed by atoms with van der Waals surface area (Å²) in [4.78, 5) is 25.9. The first-order chi connectivity index (χ1) is 10.2. The first kappa shape index (κ1) is 12.6. The van der Waals surface area contributed by atoms with Gasteiger partial charge in [0.15, 0.2) is 0 Å². The predicted molar refractivity (Wildman–Crippen MR) is 81.0 cm³/mol. The Kier molecular flexibility index (Phi) is 2.66. The Hall–Kier alpha value is -2.13. The third-order valence-electron chi connectivity index (χ3n) is 4.31. The topological polar surface area (TPSA) is 37.4 Å². The molecule has 0 bridgehead atoms. The summed E-state index contributed by atoms with van der Waals surface area (Å²) in [5, 5.41) is 0.349. The van der Waals surface area contributed by atoms with E-state index in [9.17, 15) is 9.59 Å². The van der Waals surface area contributed by atoms with Crippen LogP contribution in [0.4, 0.5) is 5.69 Å². The minimum Gasteiger partial charge on any atom is -0.304 e. The molecule has 0 aromatic heterocycles. The summed E-state index contributed by atoms with van der Waals surface area (Å²) in [6, 6.07) is 13.4. The van der Waals surface area contributed by atoms with Gasteiger partial charge in [-0.05, 0) is 29.7 Å². The van der Waals surface area contributed by atoms with Crippen molar-refractivity contribution in [1.29, 1.82) is 0 Å². The molecule has 2 aromatic rings. The van der Waals surface area contributed by atoms with Crippen LogP contribution in [-0.4, -0.2) is 18.2 Å². The van der Waals surface area contributed by atoms with E-state index in [-0.39, 0.29) is 0 Å². The summed E-state index contributed by atoms with van der Waals surface area (Å²) in [7, 11) is 0. The SMILES string of the molecule is O=C1C(=O)N(CC2Cc3ccccc32)c2cccc(Cl)c21. The molecule has 1 amide bonds. The van der Waals surface area contributed by atoms with Gasteiger partial charge in [0.1, 0.15) is 0 Å². The molecule has 0 radical (unpaired) electrons. The van der Waals surface area contributed by atoms with Crippen molar-refractivity contribution in [2.45, 2.75) is 12.3 Å². The standard InChI is InChI=1S/C17H12ClNO2/c18-13-6-3-7-14-15(13)16(20)17(21)19(14)9-11-8-10-4-1-2-5-12(10)11/h1-7,11H,8-9H2. The molecule has 0 saturated carbocycles. The lowest BCUT2D eigenvalue weighted by molar-refractivity contribution is -0.114. The van der Waals surface area contributed by atoms with Gasteiger partial charge in [-0.2, -0.15) is 0 Å². The third-order valence-corrected chi connectivity index (χ3v) is 4.63. The van der Waals surface area contributed by atoms with E-state index in [1.807, 2.05) is 12.1 Å². The number of halogens is 1. The number of carbonyl (C=O) groups excluding carboxylic acids is 2. The minimum absolute atomic E-state index is 0.294. The number of rotatable bonds is 2. The molecule has 0 saturated heterocycles. The number of nitrogens with zero attached hydrogens (tertiary/aromatic N) is 1. The Labute approximate surface area is 127 Å². The molecule has 1 atom stereocenters. The van der Waals surface area contributed by atoms with Gasteiger partial charge < -0.3 is 4.90 Å². The Bertz CT molecular complexity index is 784. The summed E-state index contributed by atoms with van der Waals surface area (Å²) in [5.74, 6) is -0.673. The molecule has 1 heterocycles. The van der Waals surface area contributed by atoms with E-state index in [2.05, 4.69) is 12.1 Å². The molecule has 0 spiro atoms. The van der Waals surface area contributed by atoms with Crippen LogP contribution in [0.15, 0.2) is 42.5 Å². The third kappa shape index (κ3) is 1.74. The highest BCUT2D eigenvalue weighted by Gasteiger charge is 2.40. The Balaban J connectivity index is 1.68. The zero-order chi connectivity index (χ0) is 14.6. The van der Waals surface area contributed by atoms with Gasteiger partial charge in [-0.1, -0.05) is 41.9 Å². The largest absolute Gasteiger partial charge is 0.304 e. The lowest BCUT2D eigenvalue weighted by Crippen LogP contribution is -2.37. The van der Waals surface area contributed by atoms with Crippen LogP contribution in [0.3, 0.4) is 0 Å². The van der Waals surface area contributed by atoms with E-state index in [1.54, 1.807) is 23.1 Å². The molecular formula is C17H12ClNO2. The maximum absolute atomic E-state index is 12.2. The molecule has 0 fully saturated rings. The van der Waals surface area contributed by atoms with E-state index < -0.39 is 11.7 Å². The van der Waals surface area contributed by atoms with Gasteiger partial charge in [0.25, 0.3) is 11.7 Å². The van der Waals surface area contributed by atoms with Crippen LogP contribution < -0.4 is 4.90 Å². The molecule has 2 aromatic carbocycles. The fraction of sp³-hybridized carbons (Fsp3) is 0.176. The van der Waals surface area contributed by atoms with Gasteiger partial charge >= 0.3 is 0 Å². The molecule has 104 valence electrons. The van der Waals surface area contributed by atoms with Gasteiger partial charge in [-0.15, -0.1) is 0 Å². The van der Waals surface area contributed by atoms with E-state index in [1.165, 1.54) is 11.1 Å². The number of Topliss-reactive ketones (excluding diaryl/α,β-unsaturated/α-hetero) is 1. The highest BCUT2D eigenvalue weighted by atomic mass is 35.5. The van der Waals surface area contributed by atoms with Crippen LogP contribution in [0, 0.1) is 0 Å². The normalized spacial score (nSPS) is 19.3. The van der Waals surface area contributed by atoms with Crippen LogP contribution in [0.1, 0.15) is 27.4 Å². The summed E-state index contributed by atoms with van der Waals surface area (Å²) in [6.45, 7) is 0.537. The number of ketones is 1. The summed E-state index contributed by atoms with van der Waals surface area (Å²) in [6.07, 6.45) is 0.948. The number of hydrogen-bond donors (Lipinski definition) is 0. The van der Waals surface area contributed by atoms with Gasteiger partial charge in [-0.3, -0.25) is 9.59 Å². The summed E-state index contributed by atoms with van der Waals surface area (Å²) in [5.41, 5.74) is 3.58. The molecule has 4 heteroatoms.